The summed E-state index contributed by atoms with van der Waals surface area (Å²) in [6, 6.07) is 17.2. The van der Waals surface area contributed by atoms with Crippen molar-refractivity contribution < 1.29 is 17.6 Å². The number of hydrogen-bond donors (Lipinski definition) is 1. The highest BCUT2D eigenvalue weighted by molar-refractivity contribution is 7.89. The maximum atomic E-state index is 13.0. The monoisotopic (exact) mass is 410 g/mol. The van der Waals surface area contributed by atoms with E-state index in [4.69, 9.17) is 4.42 Å². The number of furan rings is 1. The lowest BCUT2D eigenvalue weighted by molar-refractivity contribution is 0.0935. The van der Waals surface area contributed by atoms with Gasteiger partial charge in [-0.15, -0.1) is 0 Å². The van der Waals surface area contributed by atoms with Gasteiger partial charge in [0.25, 0.3) is 5.91 Å². The Kier molecular flexibility index (Phi) is 5.25. The highest BCUT2D eigenvalue weighted by Gasteiger charge is 2.28. The maximum absolute atomic E-state index is 13.0. The van der Waals surface area contributed by atoms with Crippen LogP contribution in [0.4, 0.5) is 0 Å². The summed E-state index contributed by atoms with van der Waals surface area (Å²) in [7, 11) is -3.62. The van der Waals surface area contributed by atoms with E-state index in [0.29, 0.717) is 30.8 Å². The Morgan fingerprint density at radius 2 is 1.76 bits per heavy atom. The number of sulfonamides is 1. The van der Waals surface area contributed by atoms with Gasteiger partial charge in [0, 0.05) is 18.7 Å². The van der Waals surface area contributed by atoms with Crippen LogP contribution < -0.4 is 5.32 Å². The van der Waals surface area contributed by atoms with Crippen LogP contribution in [0.1, 0.15) is 40.2 Å². The molecule has 1 amide bonds. The normalized spacial score (nSPS) is 15.5. The van der Waals surface area contributed by atoms with Crippen molar-refractivity contribution in [3.63, 3.8) is 0 Å². The number of hydrogen-bond acceptors (Lipinski definition) is 4. The van der Waals surface area contributed by atoms with Gasteiger partial charge in [-0.1, -0.05) is 24.3 Å². The third-order valence-corrected chi connectivity index (χ3v) is 7.03. The molecule has 0 fully saturated rings. The molecule has 0 radical (unpaired) electrons. The fourth-order valence-electron chi connectivity index (χ4n) is 3.49. The standard InChI is InChI=1S/C22H22N2O4S/c1-16(21-7-4-14-28-21)23-22(25)18-8-10-20(11-9-18)29(26,27)24-13-12-17-5-2-3-6-19(17)15-24/h2-11,14,16H,12-13,15H2,1H3,(H,23,25). The van der Waals surface area contributed by atoms with E-state index in [9.17, 15) is 13.2 Å². The van der Waals surface area contributed by atoms with Crippen molar-refractivity contribution in [2.24, 2.45) is 0 Å². The molecule has 150 valence electrons. The fourth-order valence-corrected chi connectivity index (χ4v) is 4.91. The van der Waals surface area contributed by atoms with Crippen LogP contribution in [0.3, 0.4) is 0 Å². The maximum Gasteiger partial charge on any atom is 0.251 e. The molecule has 4 rings (SSSR count). The Labute approximate surface area is 170 Å². The third-order valence-electron chi connectivity index (χ3n) is 5.17. The summed E-state index contributed by atoms with van der Waals surface area (Å²) in [6.45, 7) is 2.63. The molecule has 29 heavy (non-hydrogen) atoms. The van der Waals surface area contributed by atoms with Gasteiger partial charge in [-0.2, -0.15) is 4.31 Å². The molecule has 3 aromatic rings. The summed E-state index contributed by atoms with van der Waals surface area (Å²) < 4.78 is 32.8. The zero-order valence-corrected chi connectivity index (χ0v) is 16.9. The first kappa shape index (κ1) is 19.4. The first-order valence-corrected chi connectivity index (χ1v) is 10.9. The molecule has 2 aromatic carbocycles. The van der Waals surface area contributed by atoms with Crippen molar-refractivity contribution in [2.45, 2.75) is 30.8 Å². The van der Waals surface area contributed by atoms with Gasteiger partial charge >= 0.3 is 0 Å². The number of benzene rings is 2. The Balaban J connectivity index is 1.48. The minimum atomic E-state index is -3.62. The van der Waals surface area contributed by atoms with Crippen molar-refractivity contribution in [1.29, 1.82) is 0 Å². The van der Waals surface area contributed by atoms with Crippen molar-refractivity contribution in [1.82, 2.24) is 9.62 Å². The Morgan fingerprint density at radius 3 is 2.45 bits per heavy atom. The van der Waals surface area contributed by atoms with E-state index < -0.39 is 10.0 Å². The smallest absolute Gasteiger partial charge is 0.251 e. The SMILES string of the molecule is CC(NC(=O)c1ccc(S(=O)(=O)N2CCc3ccccc3C2)cc1)c1ccco1. The molecule has 1 atom stereocenters. The fraction of sp³-hybridized carbons (Fsp3) is 0.227. The molecular weight excluding hydrogens is 388 g/mol. The number of rotatable bonds is 5. The quantitative estimate of drug-likeness (QED) is 0.698. The van der Waals surface area contributed by atoms with Gasteiger partial charge in [0.05, 0.1) is 17.2 Å². The molecule has 6 nitrogen and oxygen atoms in total. The lowest BCUT2D eigenvalue weighted by Gasteiger charge is -2.28. The molecule has 0 bridgehead atoms. The van der Waals surface area contributed by atoms with Gasteiger partial charge in [0.15, 0.2) is 0 Å². The Hall–Kier alpha value is -2.90. The van der Waals surface area contributed by atoms with Gasteiger partial charge in [-0.05, 0) is 60.9 Å². The molecule has 0 saturated carbocycles. The van der Waals surface area contributed by atoms with Crippen LogP contribution in [-0.4, -0.2) is 25.2 Å². The average Bonchev–Trinajstić information content (AvgIpc) is 3.28. The topological polar surface area (TPSA) is 79.6 Å². The Morgan fingerprint density at radius 1 is 1.03 bits per heavy atom. The minimum Gasteiger partial charge on any atom is -0.467 e. The second-order valence-corrected chi connectivity index (χ2v) is 9.03. The second-order valence-electron chi connectivity index (χ2n) is 7.09. The molecule has 1 aliphatic rings. The molecule has 1 aromatic heterocycles. The molecule has 2 heterocycles. The highest BCUT2D eigenvalue weighted by atomic mass is 32.2. The molecular formula is C22H22N2O4S. The number of fused-ring (bicyclic) bond motifs is 1. The molecule has 7 heteroatoms. The average molecular weight is 410 g/mol. The van der Waals surface area contributed by atoms with Gasteiger partial charge in [0.2, 0.25) is 10.0 Å². The summed E-state index contributed by atoms with van der Waals surface area (Å²) in [6.07, 6.45) is 2.25. The van der Waals surface area contributed by atoms with Crippen LogP contribution in [0.15, 0.2) is 76.2 Å². The minimum absolute atomic E-state index is 0.188. The van der Waals surface area contributed by atoms with Crippen LogP contribution in [0, 0.1) is 0 Å². The van der Waals surface area contributed by atoms with Crippen molar-refractivity contribution in [3.05, 3.63) is 89.4 Å². The first-order chi connectivity index (χ1) is 13.9. The van der Waals surface area contributed by atoms with E-state index in [-0.39, 0.29) is 16.8 Å². The van der Waals surface area contributed by atoms with Gasteiger partial charge in [-0.3, -0.25) is 4.79 Å². The van der Waals surface area contributed by atoms with Crippen molar-refractivity contribution in [2.75, 3.05) is 6.54 Å². The predicted octanol–water partition coefficient (Wildman–Crippen LogP) is 3.52. The van der Waals surface area contributed by atoms with Gasteiger partial charge in [-0.25, -0.2) is 8.42 Å². The molecule has 1 aliphatic heterocycles. The molecule has 1 N–H and O–H groups in total. The summed E-state index contributed by atoms with van der Waals surface area (Å²) in [5.74, 6) is 0.368. The number of nitrogens with zero attached hydrogens (tertiary/aromatic N) is 1. The van der Waals surface area contributed by atoms with Gasteiger partial charge < -0.3 is 9.73 Å². The highest BCUT2D eigenvalue weighted by Crippen LogP contribution is 2.25. The molecule has 0 spiro atoms. The number of nitrogens with one attached hydrogen (secondary N) is 1. The van der Waals surface area contributed by atoms with E-state index in [0.717, 1.165) is 5.56 Å². The number of carbonyl (C=O) groups excluding carboxylic acids is 1. The van der Waals surface area contributed by atoms with Gasteiger partial charge in [0.1, 0.15) is 5.76 Å². The predicted molar refractivity (Wildman–Crippen MR) is 109 cm³/mol. The van der Waals surface area contributed by atoms with Crippen molar-refractivity contribution >= 4 is 15.9 Å². The summed E-state index contributed by atoms with van der Waals surface area (Å²) >= 11 is 0. The third kappa shape index (κ3) is 3.97. The van der Waals surface area contributed by atoms with E-state index in [1.807, 2.05) is 31.2 Å². The lowest BCUT2D eigenvalue weighted by Crippen LogP contribution is -2.36. The lowest BCUT2D eigenvalue weighted by atomic mass is 10.0. The second kappa shape index (κ2) is 7.85. The van der Waals surface area contributed by atoms with Crippen LogP contribution in [0.25, 0.3) is 0 Å². The Bertz CT molecular complexity index is 1110. The van der Waals surface area contributed by atoms with Crippen LogP contribution in [-0.2, 0) is 23.0 Å². The summed E-state index contributed by atoms with van der Waals surface area (Å²) in [5.41, 5.74) is 2.62. The first-order valence-electron chi connectivity index (χ1n) is 9.46. The van der Waals surface area contributed by atoms with E-state index in [1.165, 1.54) is 34.1 Å². The van der Waals surface area contributed by atoms with Crippen LogP contribution in [0.5, 0.6) is 0 Å². The number of amides is 1. The summed E-state index contributed by atoms with van der Waals surface area (Å²) in [5, 5.41) is 2.84. The van der Waals surface area contributed by atoms with Crippen LogP contribution >= 0.6 is 0 Å². The van der Waals surface area contributed by atoms with Crippen LogP contribution in [0.2, 0.25) is 0 Å². The zero-order chi connectivity index (χ0) is 20.4. The molecule has 0 aliphatic carbocycles. The van der Waals surface area contributed by atoms with E-state index in [2.05, 4.69) is 5.32 Å². The zero-order valence-electron chi connectivity index (χ0n) is 16.0. The molecule has 1 unspecified atom stereocenters. The van der Waals surface area contributed by atoms with Crippen molar-refractivity contribution in [3.8, 4) is 0 Å². The number of carbonyl (C=O) groups is 1. The largest absolute Gasteiger partial charge is 0.467 e. The molecule has 0 saturated heterocycles. The summed E-state index contributed by atoms with van der Waals surface area (Å²) in [4.78, 5) is 12.6. The van der Waals surface area contributed by atoms with E-state index in [1.54, 1.807) is 18.4 Å². The van der Waals surface area contributed by atoms with E-state index >= 15 is 0 Å².